The smallest absolute Gasteiger partial charge is 0.270 e. The van der Waals surface area contributed by atoms with E-state index in [-0.39, 0.29) is 39.5 Å². The standard InChI is InChI=1S/C25H29N7O2.C14H14N4O2S.C12H19N3O/c26-15-18-14-19-16-28-25(30-23(19)32(24(18)33)20-6-2-3-7-20)29-22-9-8-21(17-27-22)34-13-12-31-10-4-1-5-11-31;1-21(20)14-16-8-10-6-9(7-15)13(19)18(12(10)17-14)11-4-2-3-5-11;13-11-4-5-12(14-10-11)16-9-8-15-6-2-1-3-7-15/h8-9,14,16-17,20H,1-7,10-13H2,(H,27,28,29,30);6,8,11H,2-5H2,1H3;4-5,10H,1-3,6-9,13H2. The summed E-state index contributed by atoms with van der Waals surface area (Å²) >= 11 is 0. The van der Waals surface area contributed by atoms with E-state index in [4.69, 9.17) is 20.5 Å². The molecule has 4 fully saturated rings. The molecular formula is C51H62N14O5S. The SMILES string of the molecule is CS(=O)c1ncc2cc(C#N)c(=O)n(C3CCCC3)c2n1.N#Cc1cc2cnc(Nc3ccc(OCCN4CCCCC4)cn3)nc2n(C2CCCC2)c1=O.Nc1ccc(OCCN2CCCCC2)nc1. The highest BCUT2D eigenvalue weighted by Gasteiger charge is 2.25. The lowest BCUT2D eigenvalue weighted by Gasteiger charge is -2.26. The zero-order valence-electron chi connectivity index (χ0n) is 40.4. The van der Waals surface area contributed by atoms with Gasteiger partial charge in [-0.15, -0.1) is 0 Å². The van der Waals surface area contributed by atoms with Crippen LogP contribution in [0.3, 0.4) is 0 Å². The highest BCUT2D eigenvalue weighted by Crippen LogP contribution is 2.32. The number of aromatic nitrogens is 8. The van der Waals surface area contributed by atoms with Crippen LogP contribution in [0.5, 0.6) is 11.6 Å². The van der Waals surface area contributed by atoms with Crippen LogP contribution < -0.4 is 31.6 Å². The van der Waals surface area contributed by atoms with Crippen molar-refractivity contribution in [3.63, 3.8) is 0 Å². The third kappa shape index (κ3) is 13.3. The summed E-state index contributed by atoms with van der Waals surface area (Å²) in [7, 11) is -1.31. The van der Waals surface area contributed by atoms with E-state index in [2.05, 4.69) is 45.0 Å². The first-order chi connectivity index (χ1) is 34.7. The molecule has 3 N–H and O–H groups in total. The van der Waals surface area contributed by atoms with E-state index < -0.39 is 10.8 Å². The Morgan fingerprint density at radius 2 is 1.21 bits per heavy atom. The van der Waals surface area contributed by atoms with Crippen molar-refractivity contribution in [2.24, 2.45) is 0 Å². The molecule has 0 aromatic carbocycles. The maximum absolute atomic E-state index is 12.9. The summed E-state index contributed by atoms with van der Waals surface area (Å²) in [5, 5.41) is 23.2. The van der Waals surface area contributed by atoms with Crippen molar-refractivity contribution in [2.75, 3.05) is 69.8 Å². The number of likely N-dealkylation sites (tertiary alicyclic amines) is 2. The van der Waals surface area contributed by atoms with Gasteiger partial charge in [-0.2, -0.15) is 15.5 Å². The Hall–Kier alpha value is -6.87. The number of ether oxygens (including phenoxy) is 2. The monoisotopic (exact) mass is 982 g/mol. The minimum Gasteiger partial charge on any atom is -0.491 e. The molecule has 2 saturated carbocycles. The summed E-state index contributed by atoms with van der Waals surface area (Å²) < 4.78 is 26.3. The maximum atomic E-state index is 12.9. The molecule has 6 aromatic rings. The number of nitrogens with one attached hydrogen (secondary N) is 1. The molecule has 71 heavy (non-hydrogen) atoms. The Morgan fingerprint density at radius 3 is 1.72 bits per heavy atom. The summed E-state index contributed by atoms with van der Waals surface area (Å²) in [5.74, 6) is 2.33. The molecule has 8 heterocycles. The van der Waals surface area contributed by atoms with Crippen LogP contribution in [0.2, 0.25) is 0 Å². The van der Waals surface area contributed by atoms with Crippen molar-refractivity contribution in [3.05, 3.63) is 93.0 Å². The van der Waals surface area contributed by atoms with Crippen LogP contribution in [0.25, 0.3) is 22.1 Å². The third-order valence-corrected chi connectivity index (χ3v) is 14.1. The number of nitrogen functional groups attached to an aromatic ring is 1. The molecule has 4 aliphatic rings. The van der Waals surface area contributed by atoms with E-state index in [1.807, 2.05) is 36.4 Å². The second-order valence-corrected chi connectivity index (χ2v) is 19.6. The Kier molecular flexibility index (Phi) is 17.6. The molecule has 372 valence electrons. The van der Waals surface area contributed by atoms with E-state index in [1.165, 1.54) is 70.1 Å². The average Bonchev–Trinajstić information content (AvgIpc) is 4.14. The lowest BCUT2D eigenvalue weighted by atomic mass is 10.1. The number of hydrogen-bond donors (Lipinski definition) is 2. The number of rotatable bonds is 13. The number of pyridine rings is 4. The summed E-state index contributed by atoms with van der Waals surface area (Å²) in [6.07, 6.45) is 23.8. The highest BCUT2D eigenvalue weighted by molar-refractivity contribution is 7.84. The van der Waals surface area contributed by atoms with Crippen molar-refractivity contribution >= 4 is 50.3 Å². The quantitative estimate of drug-likeness (QED) is 0.113. The average molecular weight is 983 g/mol. The van der Waals surface area contributed by atoms with Crippen LogP contribution >= 0.6 is 0 Å². The fourth-order valence-electron chi connectivity index (χ4n) is 9.66. The Balaban J connectivity index is 0.000000156. The highest BCUT2D eigenvalue weighted by atomic mass is 32.2. The Bertz CT molecular complexity index is 2970. The van der Waals surface area contributed by atoms with Crippen LogP contribution in [-0.4, -0.2) is 112 Å². The van der Waals surface area contributed by atoms with Gasteiger partial charge in [0.05, 0.1) is 28.9 Å². The molecule has 1 atom stereocenters. The second kappa shape index (κ2) is 24.8. The summed E-state index contributed by atoms with van der Waals surface area (Å²) in [4.78, 5) is 56.2. The number of nitriles is 2. The number of anilines is 3. The van der Waals surface area contributed by atoms with E-state index in [0.29, 0.717) is 58.6 Å². The number of fused-ring (bicyclic) bond motifs is 2. The molecule has 19 nitrogen and oxygen atoms in total. The third-order valence-electron chi connectivity index (χ3n) is 13.4. The molecule has 0 spiro atoms. The molecule has 2 saturated heterocycles. The van der Waals surface area contributed by atoms with Crippen LogP contribution in [0.4, 0.5) is 17.5 Å². The Morgan fingerprint density at radius 1 is 0.662 bits per heavy atom. The zero-order valence-corrected chi connectivity index (χ0v) is 41.2. The minimum absolute atomic E-state index is 0.0568. The van der Waals surface area contributed by atoms with Crippen molar-refractivity contribution in [2.45, 2.75) is 107 Å². The number of piperidine rings is 2. The molecule has 10 rings (SSSR count). The topological polar surface area (TPSA) is 249 Å². The minimum atomic E-state index is -1.31. The summed E-state index contributed by atoms with van der Waals surface area (Å²) in [6.45, 7) is 8.00. The largest absolute Gasteiger partial charge is 0.491 e. The first kappa shape index (κ1) is 50.5. The molecule has 6 aromatic heterocycles. The molecule has 0 radical (unpaired) electrons. The lowest BCUT2D eigenvalue weighted by Crippen LogP contribution is -2.33. The van der Waals surface area contributed by atoms with Gasteiger partial charge in [0, 0.05) is 60.7 Å². The molecule has 0 amide bonds. The fraction of sp³-hybridized carbons (Fsp3) is 0.490. The summed E-state index contributed by atoms with van der Waals surface area (Å²) in [5.41, 5.74) is 6.87. The van der Waals surface area contributed by atoms with Gasteiger partial charge in [0.15, 0.2) is 0 Å². The molecule has 20 heteroatoms. The number of nitrogens with zero attached hydrogens (tertiary/aromatic N) is 12. The van der Waals surface area contributed by atoms with Crippen molar-refractivity contribution in [3.8, 4) is 23.8 Å². The molecule has 2 aliphatic heterocycles. The van der Waals surface area contributed by atoms with E-state index in [9.17, 15) is 19.1 Å². The number of nitrogens with two attached hydrogens (primary N) is 1. The fourth-order valence-corrected chi connectivity index (χ4v) is 10.1. The van der Waals surface area contributed by atoms with Gasteiger partial charge in [0.1, 0.15) is 59.3 Å². The van der Waals surface area contributed by atoms with Crippen LogP contribution in [0.1, 0.15) is 113 Å². The van der Waals surface area contributed by atoms with Crippen molar-refractivity contribution in [1.29, 1.82) is 10.5 Å². The zero-order chi connectivity index (χ0) is 49.5. The normalized spacial score (nSPS) is 17.1. The lowest BCUT2D eigenvalue weighted by molar-refractivity contribution is 0.180. The van der Waals surface area contributed by atoms with Gasteiger partial charge in [-0.25, -0.2) is 24.9 Å². The van der Waals surface area contributed by atoms with Gasteiger partial charge in [-0.3, -0.25) is 32.7 Å². The van der Waals surface area contributed by atoms with Gasteiger partial charge in [0.25, 0.3) is 11.1 Å². The van der Waals surface area contributed by atoms with E-state index in [1.54, 1.807) is 33.8 Å². The van der Waals surface area contributed by atoms with Crippen LogP contribution in [0.15, 0.2) is 75.9 Å². The van der Waals surface area contributed by atoms with Crippen molar-refractivity contribution < 1.29 is 13.7 Å². The van der Waals surface area contributed by atoms with Gasteiger partial charge in [-0.1, -0.05) is 38.5 Å². The number of hydrogen-bond acceptors (Lipinski definition) is 17. The summed E-state index contributed by atoms with van der Waals surface area (Å²) in [6, 6.07) is 14.5. The Labute approximate surface area is 415 Å². The van der Waals surface area contributed by atoms with Crippen molar-refractivity contribution in [1.82, 2.24) is 48.8 Å². The van der Waals surface area contributed by atoms with Gasteiger partial charge < -0.3 is 20.5 Å². The first-order valence-electron chi connectivity index (χ1n) is 24.8. The van der Waals surface area contributed by atoms with E-state index in [0.717, 1.165) is 83.3 Å². The predicted octanol–water partition coefficient (Wildman–Crippen LogP) is 6.83. The van der Waals surface area contributed by atoms with Crippen LogP contribution in [-0.2, 0) is 10.8 Å². The molecule has 0 bridgehead atoms. The maximum Gasteiger partial charge on any atom is 0.270 e. The van der Waals surface area contributed by atoms with Crippen LogP contribution in [0, 0.1) is 22.7 Å². The van der Waals surface area contributed by atoms with Gasteiger partial charge >= 0.3 is 0 Å². The molecular weight excluding hydrogens is 921 g/mol. The van der Waals surface area contributed by atoms with E-state index >= 15 is 0 Å². The molecule has 1 unspecified atom stereocenters. The van der Waals surface area contributed by atoms with Gasteiger partial charge in [0.2, 0.25) is 17.0 Å². The molecule has 2 aliphatic carbocycles. The van der Waals surface area contributed by atoms with Gasteiger partial charge in [-0.05, 0) is 108 Å². The first-order valence-corrected chi connectivity index (χ1v) is 26.4. The predicted molar refractivity (Wildman–Crippen MR) is 272 cm³/mol. The second-order valence-electron chi connectivity index (χ2n) is 18.4.